The number of hydrogen-bond acceptors (Lipinski definition) is 2. The van der Waals surface area contributed by atoms with Gasteiger partial charge in [0.15, 0.2) is 0 Å². The van der Waals surface area contributed by atoms with Crippen LogP contribution in [-0.4, -0.2) is 19.2 Å². The monoisotopic (exact) mass is 327 g/mol. The van der Waals surface area contributed by atoms with Crippen LogP contribution in [0.4, 0.5) is 0 Å². The van der Waals surface area contributed by atoms with Crippen molar-refractivity contribution in [1.82, 2.24) is 5.32 Å². The highest BCUT2D eigenvalue weighted by atomic mass is 79.9. The van der Waals surface area contributed by atoms with Crippen LogP contribution in [-0.2, 0) is 0 Å². The molecule has 1 atom stereocenters. The lowest BCUT2D eigenvalue weighted by atomic mass is 10.1. The summed E-state index contributed by atoms with van der Waals surface area (Å²) in [6.45, 7) is 6.39. The van der Waals surface area contributed by atoms with Gasteiger partial charge in [-0.2, -0.15) is 0 Å². The minimum atomic E-state index is 0.651. The van der Waals surface area contributed by atoms with Crippen molar-refractivity contribution in [1.29, 1.82) is 0 Å². The predicted molar refractivity (Wildman–Crippen MR) is 85.9 cm³/mol. The maximum absolute atomic E-state index is 5.75. The standard InChI is InChI=1S/C16H26BrNO/c1-3-6-15(18-12-4-2)7-5-13-19-16-10-8-14(17)9-11-16/h8-11,15,18H,3-7,12-13H2,1-2H3. The van der Waals surface area contributed by atoms with Crippen molar-refractivity contribution in [3.8, 4) is 5.75 Å². The average molecular weight is 328 g/mol. The van der Waals surface area contributed by atoms with Gasteiger partial charge in [0.25, 0.3) is 0 Å². The molecule has 0 aliphatic rings. The van der Waals surface area contributed by atoms with Gasteiger partial charge in [-0.05, 0) is 56.5 Å². The number of benzene rings is 1. The Hall–Kier alpha value is -0.540. The van der Waals surface area contributed by atoms with Crippen molar-refractivity contribution in [3.05, 3.63) is 28.7 Å². The van der Waals surface area contributed by atoms with Crippen LogP contribution in [0.2, 0.25) is 0 Å². The Morgan fingerprint density at radius 3 is 2.47 bits per heavy atom. The molecule has 1 aromatic carbocycles. The molecule has 0 saturated carbocycles. The van der Waals surface area contributed by atoms with Gasteiger partial charge in [-0.1, -0.05) is 36.2 Å². The van der Waals surface area contributed by atoms with Crippen LogP contribution in [0.1, 0.15) is 46.0 Å². The van der Waals surface area contributed by atoms with E-state index in [1.165, 1.54) is 25.7 Å². The molecule has 108 valence electrons. The van der Waals surface area contributed by atoms with E-state index in [1.54, 1.807) is 0 Å². The summed E-state index contributed by atoms with van der Waals surface area (Å²) in [7, 11) is 0. The number of rotatable bonds is 10. The van der Waals surface area contributed by atoms with Gasteiger partial charge in [-0.3, -0.25) is 0 Å². The second kappa shape index (κ2) is 10.3. The fourth-order valence-electron chi connectivity index (χ4n) is 2.10. The smallest absolute Gasteiger partial charge is 0.119 e. The lowest BCUT2D eigenvalue weighted by Crippen LogP contribution is -2.30. The molecule has 0 spiro atoms. The molecule has 2 nitrogen and oxygen atoms in total. The van der Waals surface area contributed by atoms with Gasteiger partial charge < -0.3 is 10.1 Å². The van der Waals surface area contributed by atoms with Gasteiger partial charge in [0.05, 0.1) is 6.61 Å². The van der Waals surface area contributed by atoms with E-state index in [0.717, 1.165) is 29.8 Å². The van der Waals surface area contributed by atoms with Crippen molar-refractivity contribution in [3.63, 3.8) is 0 Å². The predicted octanol–water partition coefficient (Wildman–Crippen LogP) is 4.78. The van der Waals surface area contributed by atoms with Crippen molar-refractivity contribution in [2.24, 2.45) is 0 Å². The SMILES string of the molecule is CCCNC(CCC)CCCOc1ccc(Br)cc1. The summed E-state index contributed by atoms with van der Waals surface area (Å²) in [6, 6.07) is 8.68. The van der Waals surface area contributed by atoms with Crippen LogP contribution in [0.25, 0.3) is 0 Å². The minimum absolute atomic E-state index is 0.651. The van der Waals surface area contributed by atoms with E-state index in [1.807, 2.05) is 24.3 Å². The Labute approximate surface area is 126 Å². The molecule has 0 amide bonds. The van der Waals surface area contributed by atoms with Gasteiger partial charge >= 0.3 is 0 Å². The third kappa shape index (κ3) is 7.58. The highest BCUT2D eigenvalue weighted by Crippen LogP contribution is 2.16. The lowest BCUT2D eigenvalue weighted by molar-refractivity contribution is 0.292. The van der Waals surface area contributed by atoms with Gasteiger partial charge in [0.1, 0.15) is 5.75 Å². The number of ether oxygens (including phenoxy) is 1. The summed E-state index contributed by atoms with van der Waals surface area (Å²) >= 11 is 3.42. The zero-order chi connectivity index (χ0) is 13.9. The zero-order valence-corrected chi connectivity index (χ0v) is 13.7. The van der Waals surface area contributed by atoms with Crippen LogP contribution in [0, 0.1) is 0 Å². The first kappa shape index (κ1) is 16.5. The molecule has 1 rings (SSSR count). The second-order valence-electron chi connectivity index (χ2n) is 4.88. The third-order valence-corrected chi connectivity index (χ3v) is 3.63. The van der Waals surface area contributed by atoms with Crippen LogP contribution in [0.15, 0.2) is 28.7 Å². The van der Waals surface area contributed by atoms with E-state index < -0.39 is 0 Å². The van der Waals surface area contributed by atoms with Crippen LogP contribution in [0.3, 0.4) is 0 Å². The second-order valence-corrected chi connectivity index (χ2v) is 5.80. The maximum Gasteiger partial charge on any atom is 0.119 e. The quantitative estimate of drug-likeness (QED) is 0.624. The summed E-state index contributed by atoms with van der Waals surface area (Å²) in [5.41, 5.74) is 0. The van der Waals surface area contributed by atoms with Gasteiger partial charge in [0, 0.05) is 10.5 Å². The highest BCUT2D eigenvalue weighted by molar-refractivity contribution is 9.10. The first-order valence-corrected chi connectivity index (χ1v) is 8.17. The van der Waals surface area contributed by atoms with Crippen molar-refractivity contribution in [2.75, 3.05) is 13.2 Å². The first-order valence-electron chi connectivity index (χ1n) is 7.38. The molecule has 1 aromatic rings. The normalized spacial score (nSPS) is 12.4. The third-order valence-electron chi connectivity index (χ3n) is 3.10. The highest BCUT2D eigenvalue weighted by Gasteiger charge is 2.06. The summed E-state index contributed by atoms with van der Waals surface area (Å²) < 4.78 is 6.83. The van der Waals surface area contributed by atoms with Crippen molar-refractivity contribution < 1.29 is 4.74 Å². The van der Waals surface area contributed by atoms with Crippen LogP contribution < -0.4 is 10.1 Å². The van der Waals surface area contributed by atoms with E-state index in [2.05, 4.69) is 35.1 Å². The molecule has 1 unspecified atom stereocenters. The Balaban J connectivity index is 2.18. The number of halogens is 1. The van der Waals surface area contributed by atoms with E-state index in [0.29, 0.717) is 6.04 Å². The van der Waals surface area contributed by atoms with Crippen molar-refractivity contribution >= 4 is 15.9 Å². The van der Waals surface area contributed by atoms with E-state index in [9.17, 15) is 0 Å². The molecule has 0 saturated heterocycles. The molecular formula is C16H26BrNO. The molecule has 3 heteroatoms. The molecule has 0 bridgehead atoms. The summed E-state index contributed by atoms with van der Waals surface area (Å²) in [5.74, 6) is 0.955. The number of hydrogen-bond donors (Lipinski definition) is 1. The van der Waals surface area contributed by atoms with E-state index in [4.69, 9.17) is 4.74 Å². The molecular weight excluding hydrogens is 302 g/mol. The van der Waals surface area contributed by atoms with E-state index in [-0.39, 0.29) is 0 Å². The Kier molecular flexibility index (Phi) is 8.93. The molecule has 0 aliphatic carbocycles. The fraction of sp³-hybridized carbons (Fsp3) is 0.625. The topological polar surface area (TPSA) is 21.3 Å². The molecule has 19 heavy (non-hydrogen) atoms. The Morgan fingerprint density at radius 1 is 1.11 bits per heavy atom. The van der Waals surface area contributed by atoms with Gasteiger partial charge in [-0.25, -0.2) is 0 Å². The molecule has 0 aromatic heterocycles. The Morgan fingerprint density at radius 2 is 1.84 bits per heavy atom. The Bertz CT molecular complexity index is 326. The van der Waals surface area contributed by atoms with Crippen molar-refractivity contribution in [2.45, 2.75) is 52.0 Å². The molecule has 0 aliphatic heterocycles. The van der Waals surface area contributed by atoms with Gasteiger partial charge in [-0.15, -0.1) is 0 Å². The minimum Gasteiger partial charge on any atom is -0.494 e. The largest absolute Gasteiger partial charge is 0.494 e. The molecule has 0 heterocycles. The zero-order valence-electron chi connectivity index (χ0n) is 12.1. The van der Waals surface area contributed by atoms with Crippen LogP contribution >= 0.6 is 15.9 Å². The summed E-state index contributed by atoms with van der Waals surface area (Å²) in [5, 5.41) is 3.61. The first-order chi connectivity index (χ1) is 9.26. The van der Waals surface area contributed by atoms with Crippen LogP contribution in [0.5, 0.6) is 5.75 Å². The van der Waals surface area contributed by atoms with E-state index >= 15 is 0 Å². The maximum atomic E-state index is 5.75. The molecule has 1 N–H and O–H groups in total. The lowest BCUT2D eigenvalue weighted by Gasteiger charge is -2.17. The van der Waals surface area contributed by atoms with Gasteiger partial charge in [0.2, 0.25) is 0 Å². The molecule has 0 fully saturated rings. The fourth-order valence-corrected chi connectivity index (χ4v) is 2.36. The summed E-state index contributed by atoms with van der Waals surface area (Å²) in [6.07, 6.45) is 6.02. The average Bonchev–Trinajstić information content (AvgIpc) is 2.42. The number of nitrogens with one attached hydrogen (secondary N) is 1. The summed E-state index contributed by atoms with van der Waals surface area (Å²) in [4.78, 5) is 0. The molecule has 0 radical (unpaired) electrons.